The largest absolute Gasteiger partial charge is 0.504 e. The van der Waals surface area contributed by atoms with Gasteiger partial charge >= 0.3 is 0 Å². The molecule has 1 aromatic heterocycles. The van der Waals surface area contributed by atoms with Crippen LogP contribution in [0.3, 0.4) is 0 Å². The lowest BCUT2D eigenvalue weighted by Gasteiger charge is -2.34. The number of rotatable bonds is 5. The molecule has 0 amide bonds. The van der Waals surface area contributed by atoms with Gasteiger partial charge in [-0.3, -0.25) is 14.3 Å². The third-order valence-electron chi connectivity index (χ3n) is 5.61. The van der Waals surface area contributed by atoms with Crippen molar-refractivity contribution in [2.24, 2.45) is 5.92 Å². The average Bonchev–Trinajstić information content (AvgIpc) is 3.47. The maximum atomic E-state index is 13.2. The Kier molecular flexibility index (Phi) is 6.54. The van der Waals surface area contributed by atoms with E-state index in [0.29, 0.717) is 24.8 Å². The van der Waals surface area contributed by atoms with Gasteiger partial charge in [-0.1, -0.05) is 37.6 Å². The van der Waals surface area contributed by atoms with Crippen molar-refractivity contribution >= 4 is 34.1 Å². The predicted octanol–water partition coefficient (Wildman–Crippen LogP) is 3.59. The van der Waals surface area contributed by atoms with Crippen LogP contribution in [-0.2, 0) is 13.1 Å². The molecule has 1 saturated heterocycles. The summed E-state index contributed by atoms with van der Waals surface area (Å²) in [5.41, 5.74) is 0.0119. The molecule has 1 N–H and O–H groups in total. The molecule has 6 nitrogen and oxygen atoms in total. The fraction of sp³-hybridized carbons (Fsp3) is 0.600. The molecule has 2 aliphatic rings. The van der Waals surface area contributed by atoms with Crippen molar-refractivity contribution in [2.75, 3.05) is 32.7 Å². The molecule has 0 unspecified atom stereocenters. The first-order valence-corrected chi connectivity index (χ1v) is 10.3. The number of hydrogen-bond acceptors (Lipinski definition) is 5. The third-order valence-corrected chi connectivity index (χ3v) is 6.19. The molecular formula is C20H28Cl2N4O2. The molecule has 0 spiro atoms. The molecule has 4 rings (SSSR count). The molecule has 1 saturated carbocycles. The van der Waals surface area contributed by atoms with Gasteiger partial charge in [-0.25, -0.2) is 4.98 Å². The van der Waals surface area contributed by atoms with Crippen molar-refractivity contribution in [1.29, 1.82) is 0 Å². The Labute approximate surface area is 175 Å². The van der Waals surface area contributed by atoms with E-state index in [4.69, 9.17) is 23.2 Å². The fourth-order valence-electron chi connectivity index (χ4n) is 3.68. The smallest absolute Gasteiger partial charge is 0.263 e. The number of halogens is 2. The van der Waals surface area contributed by atoms with Gasteiger partial charge < -0.3 is 10.0 Å². The van der Waals surface area contributed by atoms with E-state index in [0.717, 1.165) is 45.6 Å². The first-order valence-electron chi connectivity index (χ1n) is 9.53. The SMILES string of the molecule is C.CCN1CCN(Cc2nc3c(O)c(Cl)cc(Cl)c3c(=O)n2CC2CC2)CC1. The van der Waals surface area contributed by atoms with E-state index in [1.54, 1.807) is 4.57 Å². The highest BCUT2D eigenvalue weighted by molar-refractivity contribution is 6.39. The van der Waals surface area contributed by atoms with Crippen molar-refractivity contribution < 1.29 is 5.11 Å². The average molecular weight is 427 g/mol. The molecule has 2 fully saturated rings. The Hall–Kier alpha value is -1.34. The maximum Gasteiger partial charge on any atom is 0.263 e. The maximum absolute atomic E-state index is 13.2. The molecule has 8 heteroatoms. The van der Waals surface area contributed by atoms with Crippen LogP contribution in [0.2, 0.25) is 10.0 Å². The van der Waals surface area contributed by atoms with Gasteiger partial charge in [0.1, 0.15) is 11.3 Å². The van der Waals surface area contributed by atoms with Crippen LogP contribution >= 0.6 is 23.2 Å². The zero-order chi connectivity index (χ0) is 19.1. The van der Waals surface area contributed by atoms with Gasteiger partial charge in [0.05, 0.1) is 22.0 Å². The van der Waals surface area contributed by atoms with Crippen molar-refractivity contribution in [3.8, 4) is 5.75 Å². The zero-order valence-electron chi connectivity index (χ0n) is 15.4. The molecule has 1 aliphatic heterocycles. The molecule has 0 radical (unpaired) electrons. The highest BCUT2D eigenvalue weighted by atomic mass is 35.5. The van der Waals surface area contributed by atoms with Gasteiger partial charge in [0.2, 0.25) is 0 Å². The van der Waals surface area contributed by atoms with E-state index < -0.39 is 0 Å². The Morgan fingerprint density at radius 1 is 1.14 bits per heavy atom. The van der Waals surface area contributed by atoms with Gasteiger partial charge in [0, 0.05) is 32.7 Å². The summed E-state index contributed by atoms with van der Waals surface area (Å²) in [7, 11) is 0. The number of phenols is 1. The Bertz CT molecular complexity index is 919. The van der Waals surface area contributed by atoms with Crippen molar-refractivity contribution in [2.45, 2.75) is 40.3 Å². The van der Waals surface area contributed by atoms with Crippen LogP contribution in [0.15, 0.2) is 10.9 Å². The van der Waals surface area contributed by atoms with Gasteiger partial charge in [-0.05, 0) is 31.4 Å². The van der Waals surface area contributed by atoms with E-state index in [1.165, 1.54) is 6.07 Å². The van der Waals surface area contributed by atoms with Gasteiger partial charge in [-0.2, -0.15) is 0 Å². The van der Waals surface area contributed by atoms with Crippen LogP contribution < -0.4 is 5.56 Å². The minimum absolute atomic E-state index is 0. The minimum Gasteiger partial charge on any atom is -0.504 e. The molecule has 0 atom stereocenters. The van der Waals surface area contributed by atoms with E-state index in [9.17, 15) is 9.90 Å². The number of phenolic OH excluding ortho intramolecular Hbond substituents is 1. The molecule has 2 heterocycles. The van der Waals surface area contributed by atoms with Gasteiger partial charge in [0.25, 0.3) is 5.56 Å². The lowest BCUT2D eigenvalue weighted by atomic mass is 10.2. The first-order chi connectivity index (χ1) is 13.0. The van der Waals surface area contributed by atoms with Crippen LogP contribution in [-0.4, -0.2) is 57.2 Å². The summed E-state index contributed by atoms with van der Waals surface area (Å²) in [6.45, 7) is 8.37. The number of likely N-dealkylation sites (N-methyl/N-ethyl adjacent to an activating group) is 1. The molecule has 1 aromatic carbocycles. The van der Waals surface area contributed by atoms with E-state index in [1.807, 2.05) is 0 Å². The van der Waals surface area contributed by atoms with Crippen LogP contribution in [0.5, 0.6) is 5.75 Å². The number of benzene rings is 1. The number of aromatic hydroxyl groups is 1. The van der Waals surface area contributed by atoms with Gasteiger partial charge in [-0.15, -0.1) is 0 Å². The molecule has 0 bridgehead atoms. The predicted molar refractivity (Wildman–Crippen MR) is 115 cm³/mol. The first kappa shape index (κ1) is 21.4. The number of aromatic nitrogens is 2. The van der Waals surface area contributed by atoms with E-state index in [-0.39, 0.29) is 39.7 Å². The molecule has 2 aromatic rings. The Morgan fingerprint density at radius 2 is 1.79 bits per heavy atom. The molecular weight excluding hydrogens is 399 g/mol. The minimum atomic E-state index is -0.189. The second-order valence-corrected chi connectivity index (χ2v) is 8.32. The summed E-state index contributed by atoms with van der Waals surface area (Å²) >= 11 is 12.3. The lowest BCUT2D eigenvalue weighted by Crippen LogP contribution is -2.46. The van der Waals surface area contributed by atoms with Crippen LogP contribution in [0.4, 0.5) is 0 Å². The summed E-state index contributed by atoms with van der Waals surface area (Å²) < 4.78 is 1.76. The molecule has 1 aliphatic carbocycles. The second kappa shape index (κ2) is 8.57. The number of piperazine rings is 1. The van der Waals surface area contributed by atoms with Crippen LogP contribution in [0, 0.1) is 5.92 Å². The third kappa shape index (κ3) is 4.15. The summed E-state index contributed by atoms with van der Waals surface area (Å²) in [6.07, 6.45) is 2.28. The standard InChI is InChI=1S/C19H24Cl2N4O2.CH4/c1-2-23-5-7-24(8-6-23)11-15-22-17-16(13(20)9-14(21)18(17)26)19(27)25(15)10-12-3-4-12;/h9,12,26H,2-8,10-11H2,1H3;1H4. The quantitative estimate of drug-likeness (QED) is 0.790. The highest BCUT2D eigenvalue weighted by Gasteiger charge is 2.27. The number of fused-ring (bicyclic) bond motifs is 1. The Balaban J connectivity index is 0.00000225. The summed E-state index contributed by atoms with van der Waals surface area (Å²) in [5.74, 6) is 1.03. The van der Waals surface area contributed by atoms with E-state index in [2.05, 4.69) is 21.7 Å². The molecule has 154 valence electrons. The monoisotopic (exact) mass is 426 g/mol. The van der Waals surface area contributed by atoms with Crippen LogP contribution in [0.25, 0.3) is 10.9 Å². The number of hydrogen-bond donors (Lipinski definition) is 1. The van der Waals surface area contributed by atoms with Crippen molar-refractivity contribution in [3.63, 3.8) is 0 Å². The normalized spacial score (nSPS) is 18.4. The van der Waals surface area contributed by atoms with E-state index >= 15 is 0 Å². The zero-order valence-corrected chi connectivity index (χ0v) is 16.9. The van der Waals surface area contributed by atoms with Crippen LogP contribution in [0.1, 0.15) is 33.0 Å². The Morgan fingerprint density at radius 3 is 2.39 bits per heavy atom. The summed E-state index contributed by atoms with van der Waals surface area (Å²) in [4.78, 5) is 22.6. The number of nitrogens with zero attached hydrogens (tertiary/aromatic N) is 4. The summed E-state index contributed by atoms with van der Waals surface area (Å²) in [5, 5.41) is 11.0. The van der Waals surface area contributed by atoms with Crippen molar-refractivity contribution in [3.05, 3.63) is 32.3 Å². The van der Waals surface area contributed by atoms with Crippen molar-refractivity contribution in [1.82, 2.24) is 19.4 Å². The fourth-order valence-corrected chi connectivity index (χ4v) is 4.22. The summed E-state index contributed by atoms with van der Waals surface area (Å²) in [6, 6.07) is 1.41. The second-order valence-electron chi connectivity index (χ2n) is 7.51. The topological polar surface area (TPSA) is 61.6 Å². The lowest BCUT2D eigenvalue weighted by molar-refractivity contribution is 0.128. The highest BCUT2D eigenvalue weighted by Crippen LogP contribution is 2.36. The molecule has 28 heavy (non-hydrogen) atoms. The van der Waals surface area contributed by atoms with Gasteiger partial charge in [0.15, 0.2) is 5.75 Å².